The van der Waals surface area contributed by atoms with Crippen LogP contribution in [0.5, 0.6) is 0 Å². The average Bonchev–Trinajstić information content (AvgIpc) is 3.21. The van der Waals surface area contributed by atoms with Crippen molar-refractivity contribution in [3.63, 3.8) is 0 Å². The van der Waals surface area contributed by atoms with Crippen molar-refractivity contribution < 1.29 is 4.79 Å². The van der Waals surface area contributed by atoms with Gasteiger partial charge in [0.1, 0.15) is 0 Å². The summed E-state index contributed by atoms with van der Waals surface area (Å²) in [6, 6.07) is 12.7. The Morgan fingerprint density at radius 1 is 1.06 bits per heavy atom. The van der Waals surface area contributed by atoms with E-state index >= 15 is 0 Å². The lowest BCUT2D eigenvalue weighted by Gasteiger charge is -2.36. The molecule has 5 nitrogen and oxygen atoms in total. The summed E-state index contributed by atoms with van der Waals surface area (Å²) in [5, 5.41) is 1.24. The standard InChI is InChI=1S/C26H32N4O/c1-19-10-15-29(16-11-19)18-24(31)30-14-4-5-21(17-30)26-25(20-8-12-27-13-9-20)22-6-2-3-7-23(22)28-26/h2-3,6-9,12-13,19,21,28H,4-5,10-11,14-18H2,1H3. The zero-order valence-electron chi connectivity index (χ0n) is 18.4. The van der Waals surface area contributed by atoms with E-state index in [2.05, 4.69) is 63.1 Å². The van der Waals surface area contributed by atoms with Gasteiger partial charge in [-0.2, -0.15) is 0 Å². The molecular formula is C26H32N4O. The Labute approximate surface area is 184 Å². The second-order valence-electron chi connectivity index (χ2n) is 9.33. The number of nitrogens with zero attached hydrogens (tertiary/aromatic N) is 3. The number of piperidine rings is 2. The SMILES string of the molecule is CC1CCN(CC(=O)N2CCCC(c3[nH]c4ccccc4c3-c3ccncc3)C2)CC1. The van der Waals surface area contributed by atoms with Crippen molar-refractivity contribution in [1.29, 1.82) is 0 Å². The molecule has 1 atom stereocenters. The van der Waals surface area contributed by atoms with Gasteiger partial charge in [-0.05, 0) is 68.5 Å². The molecule has 5 rings (SSSR count). The topological polar surface area (TPSA) is 52.2 Å². The van der Waals surface area contributed by atoms with Crippen molar-refractivity contribution >= 4 is 16.8 Å². The Bertz CT molecular complexity index is 1040. The Morgan fingerprint density at radius 2 is 1.84 bits per heavy atom. The van der Waals surface area contributed by atoms with E-state index in [-0.39, 0.29) is 0 Å². The first-order chi connectivity index (χ1) is 15.2. The van der Waals surface area contributed by atoms with Crippen LogP contribution in [0, 0.1) is 5.92 Å². The van der Waals surface area contributed by atoms with Crippen molar-refractivity contribution in [2.75, 3.05) is 32.7 Å². The van der Waals surface area contributed by atoms with Crippen LogP contribution in [0.2, 0.25) is 0 Å². The summed E-state index contributed by atoms with van der Waals surface area (Å²) in [5.74, 6) is 1.41. The number of carbonyl (C=O) groups excluding carboxylic acids is 1. The van der Waals surface area contributed by atoms with Gasteiger partial charge in [-0.1, -0.05) is 25.1 Å². The summed E-state index contributed by atoms with van der Waals surface area (Å²) in [5.41, 5.74) is 4.88. The maximum absolute atomic E-state index is 13.1. The number of H-pyrrole nitrogens is 1. The molecule has 0 bridgehead atoms. The molecule has 1 N–H and O–H groups in total. The van der Waals surface area contributed by atoms with Gasteiger partial charge >= 0.3 is 0 Å². The summed E-state index contributed by atoms with van der Waals surface area (Å²) in [7, 11) is 0. The minimum absolute atomic E-state index is 0.292. The van der Waals surface area contributed by atoms with Crippen LogP contribution in [0.25, 0.3) is 22.0 Å². The first kappa shape index (κ1) is 20.3. The molecule has 2 aliphatic rings. The highest BCUT2D eigenvalue weighted by atomic mass is 16.2. The van der Waals surface area contributed by atoms with Gasteiger partial charge in [0.25, 0.3) is 0 Å². The lowest BCUT2D eigenvalue weighted by atomic mass is 9.89. The second-order valence-corrected chi connectivity index (χ2v) is 9.33. The maximum atomic E-state index is 13.1. The van der Waals surface area contributed by atoms with Gasteiger partial charge in [0.05, 0.1) is 6.54 Å². The van der Waals surface area contributed by atoms with Crippen molar-refractivity contribution in [2.45, 2.75) is 38.5 Å². The van der Waals surface area contributed by atoms with Gasteiger partial charge in [-0.25, -0.2) is 0 Å². The number of fused-ring (bicyclic) bond motifs is 1. The fourth-order valence-corrected chi connectivity index (χ4v) is 5.25. The van der Waals surface area contributed by atoms with Crippen molar-refractivity contribution in [3.05, 3.63) is 54.5 Å². The third kappa shape index (κ3) is 4.24. The molecule has 0 spiro atoms. The predicted molar refractivity (Wildman–Crippen MR) is 125 cm³/mol. The van der Waals surface area contributed by atoms with E-state index in [1.165, 1.54) is 35.0 Å². The molecule has 2 fully saturated rings. The number of aromatic nitrogens is 2. The van der Waals surface area contributed by atoms with Gasteiger partial charge < -0.3 is 9.88 Å². The molecule has 5 heteroatoms. The average molecular weight is 417 g/mol. The van der Waals surface area contributed by atoms with Crippen LogP contribution in [0.4, 0.5) is 0 Å². The summed E-state index contributed by atoms with van der Waals surface area (Å²) in [6.07, 6.45) is 8.29. The number of benzene rings is 1. The van der Waals surface area contributed by atoms with Gasteiger partial charge in [-0.3, -0.25) is 14.7 Å². The lowest BCUT2D eigenvalue weighted by molar-refractivity contribution is -0.134. The van der Waals surface area contributed by atoms with Gasteiger partial charge in [-0.15, -0.1) is 0 Å². The fourth-order valence-electron chi connectivity index (χ4n) is 5.25. The first-order valence-corrected chi connectivity index (χ1v) is 11.7. The molecule has 1 aromatic carbocycles. The highest BCUT2D eigenvalue weighted by molar-refractivity contribution is 5.97. The maximum Gasteiger partial charge on any atom is 0.236 e. The summed E-state index contributed by atoms with van der Waals surface area (Å²) in [6.45, 7) is 6.67. The molecule has 4 heterocycles. The van der Waals surface area contributed by atoms with E-state index in [0.717, 1.165) is 50.5 Å². The molecule has 2 aromatic heterocycles. The zero-order chi connectivity index (χ0) is 21.2. The van der Waals surface area contributed by atoms with Gasteiger partial charge in [0.15, 0.2) is 0 Å². The fraction of sp³-hybridized carbons (Fsp3) is 0.462. The molecule has 0 saturated carbocycles. The lowest BCUT2D eigenvalue weighted by Crippen LogP contribution is -2.46. The first-order valence-electron chi connectivity index (χ1n) is 11.7. The van der Waals surface area contributed by atoms with Crippen LogP contribution < -0.4 is 0 Å². The molecular weight excluding hydrogens is 384 g/mol. The molecule has 31 heavy (non-hydrogen) atoms. The summed E-state index contributed by atoms with van der Waals surface area (Å²) < 4.78 is 0. The molecule has 0 aliphatic carbocycles. The van der Waals surface area contributed by atoms with Crippen LogP contribution in [-0.4, -0.2) is 58.4 Å². The van der Waals surface area contributed by atoms with E-state index < -0.39 is 0 Å². The third-order valence-electron chi connectivity index (χ3n) is 7.12. The minimum Gasteiger partial charge on any atom is -0.358 e. The number of likely N-dealkylation sites (tertiary alicyclic amines) is 2. The number of amides is 1. The van der Waals surface area contributed by atoms with Crippen LogP contribution in [0.15, 0.2) is 48.8 Å². The number of pyridine rings is 1. The van der Waals surface area contributed by atoms with Crippen LogP contribution in [0.1, 0.15) is 44.2 Å². The molecule has 2 aliphatic heterocycles. The molecule has 1 amide bonds. The molecule has 2 saturated heterocycles. The number of hydrogen-bond acceptors (Lipinski definition) is 3. The molecule has 3 aromatic rings. The van der Waals surface area contributed by atoms with Crippen LogP contribution >= 0.6 is 0 Å². The number of carbonyl (C=O) groups is 1. The summed E-state index contributed by atoms with van der Waals surface area (Å²) in [4.78, 5) is 25.5. The highest BCUT2D eigenvalue weighted by Crippen LogP contribution is 2.39. The number of aromatic amines is 1. The number of nitrogens with one attached hydrogen (secondary N) is 1. The number of hydrogen-bond donors (Lipinski definition) is 1. The largest absolute Gasteiger partial charge is 0.358 e. The predicted octanol–water partition coefficient (Wildman–Crippen LogP) is 4.67. The van der Waals surface area contributed by atoms with Crippen molar-refractivity contribution in [1.82, 2.24) is 19.8 Å². The van der Waals surface area contributed by atoms with Crippen molar-refractivity contribution in [3.8, 4) is 11.1 Å². The smallest absolute Gasteiger partial charge is 0.236 e. The van der Waals surface area contributed by atoms with E-state index in [9.17, 15) is 4.79 Å². The van der Waals surface area contributed by atoms with E-state index in [4.69, 9.17) is 0 Å². The Hall–Kier alpha value is -2.66. The Morgan fingerprint density at radius 3 is 2.65 bits per heavy atom. The van der Waals surface area contributed by atoms with Gasteiger partial charge in [0.2, 0.25) is 5.91 Å². The minimum atomic E-state index is 0.292. The number of rotatable bonds is 4. The van der Waals surface area contributed by atoms with E-state index in [1.54, 1.807) is 0 Å². The second kappa shape index (κ2) is 8.83. The molecule has 1 unspecified atom stereocenters. The number of para-hydroxylation sites is 1. The molecule has 0 radical (unpaired) electrons. The highest BCUT2D eigenvalue weighted by Gasteiger charge is 2.29. The monoisotopic (exact) mass is 416 g/mol. The van der Waals surface area contributed by atoms with Crippen LogP contribution in [-0.2, 0) is 4.79 Å². The molecule has 162 valence electrons. The Balaban J connectivity index is 1.38. The summed E-state index contributed by atoms with van der Waals surface area (Å²) >= 11 is 0. The van der Waals surface area contributed by atoms with Crippen molar-refractivity contribution in [2.24, 2.45) is 5.92 Å². The van der Waals surface area contributed by atoms with E-state index in [1.807, 2.05) is 12.4 Å². The zero-order valence-corrected chi connectivity index (χ0v) is 18.4. The normalized spacial score (nSPS) is 20.9. The quantitative estimate of drug-likeness (QED) is 0.673. The Kier molecular flexibility index (Phi) is 5.77. The third-order valence-corrected chi connectivity index (χ3v) is 7.12. The van der Waals surface area contributed by atoms with Crippen LogP contribution in [0.3, 0.4) is 0 Å². The van der Waals surface area contributed by atoms with Gasteiger partial charge in [0, 0.05) is 53.6 Å². The van der Waals surface area contributed by atoms with E-state index in [0.29, 0.717) is 18.4 Å².